The Morgan fingerprint density at radius 3 is 2.41 bits per heavy atom. The Labute approximate surface area is 188 Å². The van der Waals surface area contributed by atoms with E-state index in [1.165, 1.54) is 30.3 Å². The van der Waals surface area contributed by atoms with Crippen molar-refractivity contribution < 1.29 is 23.9 Å². The van der Waals surface area contributed by atoms with Crippen molar-refractivity contribution in [2.24, 2.45) is 5.92 Å². The molecule has 0 bridgehead atoms. The summed E-state index contributed by atoms with van der Waals surface area (Å²) in [6, 6.07) is 18.6. The van der Waals surface area contributed by atoms with Gasteiger partial charge in [0.25, 0.3) is 5.91 Å². The van der Waals surface area contributed by atoms with E-state index in [0.717, 1.165) is 0 Å². The maximum atomic E-state index is 13.4. The summed E-state index contributed by atoms with van der Waals surface area (Å²) in [4.78, 5) is 51.7. The van der Waals surface area contributed by atoms with Crippen molar-refractivity contribution >= 4 is 46.4 Å². The number of nitrogens with one attached hydrogen (secondary N) is 1. The third-order valence-corrected chi connectivity index (χ3v) is 5.34. The number of nitrogen functional groups attached to an aromatic ring is 1. The van der Waals surface area contributed by atoms with Crippen molar-refractivity contribution in [3.63, 3.8) is 0 Å². The molecular weight excluding hydrogens is 432 g/mol. The maximum Gasteiger partial charge on any atom is 0.339 e. The van der Waals surface area contributed by atoms with Crippen LogP contribution in [0.2, 0.25) is 5.02 Å². The molecule has 4 rings (SSSR count). The zero-order valence-electron chi connectivity index (χ0n) is 16.6. The summed E-state index contributed by atoms with van der Waals surface area (Å²) in [5.41, 5.74) is 7.17. The predicted molar refractivity (Wildman–Crippen MR) is 118 cm³/mol. The fourth-order valence-corrected chi connectivity index (χ4v) is 3.68. The number of Topliss-reactive ketones (excluding diaryl/α,β-unsaturated/α-hetero) is 2. The molecule has 0 spiro atoms. The number of carbonyl (C=O) groups excluding carboxylic acids is 4. The van der Waals surface area contributed by atoms with Gasteiger partial charge >= 0.3 is 5.97 Å². The molecule has 160 valence electrons. The number of rotatable bonds is 6. The summed E-state index contributed by atoms with van der Waals surface area (Å²) in [6.07, 6.45) is -1.24. The van der Waals surface area contributed by atoms with Gasteiger partial charge in [0, 0.05) is 27.5 Å². The second-order valence-electron chi connectivity index (χ2n) is 7.21. The van der Waals surface area contributed by atoms with Crippen LogP contribution >= 0.6 is 11.6 Å². The molecule has 0 fully saturated rings. The number of ether oxygens (including phenoxy) is 1. The first kappa shape index (κ1) is 21.3. The third kappa shape index (κ3) is 4.10. The Bertz CT molecular complexity index is 1240. The Kier molecular flexibility index (Phi) is 5.75. The minimum absolute atomic E-state index is 0.128. The molecule has 0 aliphatic carbocycles. The van der Waals surface area contributed by atoms with Crippen LogP contribution in [0.25, 0.3) is 0 Å². The number of halogens is 1. The van der Waals surface area contributed by atoms with Crippen LogP contribution in [0.1, 0.15) is 32.4 Å². The lowest BCUT2D eigenvalue weighted by molar-refractivity contribution is -0.138. The monoisotopic (exact) mass is 448 g/mol. The van der Waals surface area contributed by atoms with Crippen LogP contribution in [0, 0.1) is 5.92 Å². The van der Waals surface area contributed by atoms with Crippen LogP contribution in [0.15, 0.2) is 72.8 Å². The van der Waals surface area contributed by atoms with E-state index in [1.807, 2.05) is 0 Å². The van der Waals surface area contributed by atoms with Gasteiger partial charge in [-0.3, -0.25) is 14.4 Å². The standard InChI is InChI=1S/C24H17ClN2O5/c25-14-8-10-16(11-9-14)27-23(30)21(29)19(20(28)13-4-3-5-15(26)12-13)22-17-6-1-2-7-18(17)24(31)32-22/h1-12,19,22H,26H2,(H,27,30)/t19-,22+/m1/s1. The van der Waals surface area contributed by atoms with E-state index >= 15 is 0 Å². The first-order valence-electron chi connectivity index (χ1n) is 9.65. The van der Waals surface area contributed by atoms with Crippen molar-refractivity contribution in [3.8, 4) is 0 Å². The molecule has 3 N–H and O–H groups in total. The number of benzene rings is 3. The highest BCUT2D eigenvalue weighted by Crippen LogP contribution is 2.38. The zero-order valence-corrected chi connectivity index (χ0v) is 17.3. The minimum Gasteiger partial charge on any atom is -0.453 e. The number of amides is 1. The summed E-state index contributed by atoms with van der Waals surface area (Å²) in [5.74, 6) is -4.99. The topological polar surface area (TPSA) is 116 Å². The smallest absolute Gasteiger partial charge is 0.339 e. The number of fused-ring (bicyclic) bond motifs is 1. The molecule has 0 aromatic heterocycles. The number of hydrogen-bond acceptors (Lipinski definition) is 6. The summed E-state index contributed by atoms with van der Waals surface area (Å²) in [5, 5.41) is 2.92. The largest absolute Gasteiger partial charge is 0.453 e. The third-order valence-electron chi connectivity index (χ3n) is 5.09. The molecule has 1 amide bonds. The molecule has 32 heavy (non-hydrogen) atoms. The van der Waals surface area contributed by atoms with Gasteiger partial charge in [0.1, 0.15) is 12.0 Å². The normalized spacial score (nSPS) is 15.4. The molecule has 1 aliphatic heterocycles. The lowest BCUT2D eigenvalue weighted by Crippen LogP contribution is -2.38. The van der Waals surface area contributed by atoms with Crippen molar-refractivity contribution in [1.29, 1.82) is 0 Å². The Hall–Kier alpha value is -3.97. The molecule has 3 aromatic rings. The molecule has 2 atom stereocenters. The van der Waals surface area contributed by atoms with Crippen LogP contribution in [0.5, 0.6) is 0 Å². The number of esters is 1. The van der Waals surface area contributed by atoms with Gasteiger partial charge in [0.15, 0.2) is 5.78 Å². The SMILES string of the molecule is Nc1cccc(C(=O)[C@H](C(=O)C(=O)Nc2ccc(Cl)cc2)[C@H]2OC(=O)c3ccccc32)c1. The van der Waals surface area contributed by atoms with E-state index in [1.54, 1.807) is 42.5 Å². The van der Waals surface area contributed by atoms with E-state index in [4.69, 9.17) is 22.1 Å². The number of cyclic esters (lactones) is 1. The highest BCUT2D eigenvalue weighted by Gasteiger charge is 2.46. The molecule has 3 aromatic carbocycles. The lowest BCUT2D eigenvalue weighted by atomic mass is 9.84. The Morgan fingerprint density at radius 2 is 1.69 bits per heavy atom. The van der Waals surface area contributed by atoms with Gasteiger partial charge in [-0.15, -0.1) is 0 Å². The average Bonchev–Trinajstić information content (AvgIpc) is 3.11. The van der Waals surface area contributed by atoms with Crippen molar-refractivity contribution in [3.05, 3.63) is 94.5 Å². The summed E-state index contributed by atoms with van der Waals surface area (Å²) < 4.78 is 5.39. The van der Waals surface area contributed by atoms with E-state index in [2.05, 4.69) is 5.32 Å². The average molecular weight is 449 g/mol. The minimum atomic E-state index is -1.59. The number of nitrogens with two attached hydrogens (primary N) is 1. The van der Waals surface area contributed by atoms with Crippen molar-refractivity contribution in [2.75, 3.05) is 11.1 Å². The number of ketones is 2. The van der Waals surface area contributed by atoms with Gasteiger partial charge in [-0.05, 0) is 42.5 Å². The molecule has 1 aliphatic rings. The van der Waals surface area contributed by atoms with Crippen LogP contribution in [0.3, 0.4) is 0 Å². The molecular formula is C24H17ClN2O5. The molecule has 0 saturated heterocycles. The highest BCUT2D eigenvalue weighted by atomic mass is 35.5. The zero-order chi connectivity index (χ0) is 22.8. The van der Waals surface area contributed by atoms with Crippen LogP contribution in [0.4, 0.5) is 11.4 Å². The van der Waals surface area contributed by atoms with Gasteiger partial charge in [-0.2, -0.15) is 0 Å². The van der Waals surface area contributed by atoms with Crippen molar-refractivity contribution in [1.82, 2.24) is 0 Å². The van der Waals surface area contributed by atoms with Crippen LogP contribution in [-0.2, 0) is 14.3 Å². The summed E-state index contributed by atoms with van der Waals surface area (Å²) in [6.45, 7) is 0. The predicted octanol–water partition coefficient (Wildman–Crippen LogP) is 3.84. The van der Waals surface area contributed by atoms with Gasteiger partial charge in [0.05, 0.1) is 5.56 Å². The molecule has 0 unspecified atom stereocenters. The van der Waals surface area contributed by atoms with Gasteiger partial charge in [0.2, 0.25) is 5.78 Å². The van der Waals surface area contributed by atoms with Crippen LogP contribution in [-0.4, -0.2) is 23.4 Å². The van der Waals surface area contributed by atoms with Crippen LogP contribution < -0.4 is 11.1 Å². The molecule has 8 heteroatoms. The number of anilines is 2. The molecule has 0 saturated carbocycles. The van der Waals surface area contributed by atoms with E-state index in [-0.39, 0.29) is 11.1 Å². The first-order valence-corrected chi connectivity index (χ1v) is 10.0. The summed E-state index contributed by atoms with van der Waals surface area (Å²) >= 11 is 5.85. The lowest BCUT2D eigenvalue weighted by Gasteiger charge is -2.21. The first-order chi connectivity index (χ1) is 15.3. The second-order valence-corrected chi connectivity index (χ2v) is 7.64. The van der Waals surface area contributed by atoms with E-state index < -0.39 is 35.5 Å². The Morgan fingerprint density at radius 1 is 0.969 bits per heavy atom. The van der Waals surface area contributed by atoms with Crippen molar-refractivity contribution in [2.45, 2.75) is 6.10 Å². The number of carbonyl (C=O) groups is 4. The number of hydrogen-bond donors (Lipinski definition) is 2. The van der Waals surface area contributed by atoms with Gasteiger partial charge in [-0.25, -0.2) is 4.79 Å². The highest BCUT2D eigenvalue weighted by molar-refractivity contribution is 6.45. The molecule has 1 heterocycles. The van der Waals surface area contributed by atoms with E-state index in [0.29, 0.717) is 22.0 Å². The molecule has 0 radical (unpaired) electrons. The van der Waals surface area contributed by atoms with Gasteiger partial charge < -0.3 is 15.8 Å². The fourth-order valence-electron chi connectivity index (χ4n) is 3.55. The summed E-state index contributed by atoms with van der Waals surface area (Å²) in [7, 11) is 0. The van der Waals surface area contributed by atoms with E-state index in [9.17, 15) is 19.2 Å². The molecule has 7 nitrogen and oxygen atoms in total. The fraction of sp³-hybridized carbons (Fsp3) is 0.0833. The second kappa shape index (κ2) is 8.64. The maximum absolute atomic E-state index is 13.4. The van der Waals surface area contributed by atoms with Gasteiger partial charge in [-0.1, -0.05) is 41.9 Å². The Balaban J connectivity index is 1.71. The quantitative estimate of drug-likeness (QED) is 0.194.